The van der Waals surface area contributed by atoms with Crippen molar-refractivity contribution in [1.82, 2.24) is 0 Å². The Morgan fingerprint density at radius 1 is 0.567 bits per heavy atom. The first-order chi connectivity index (χ1) is 29.5. The molecule has 0 saturated carbocycles. The number of anilines is 4. The summed E-state index contributed by atoms with van der Waals surface area (Å²) < 4.78 is 1.34. The van der Waals surface area contributed by atoms with Crippen molar-refractivity contribution in [3.05, 3.63) is 215 Å². The van der Waals surface area contributed by atoms with Crippen LogP contribution in [0.15, 0.2) is 204 Å². The van der Waals surface area contributed by atoms with Gasteiger partial charge in [-0.1, -0.05) is 140 Å². The molecular formula is C56H42N2S2. The van der Waals surface area contributed by atoms with Crippen LogP contribution in [0.1, 0.15) is 48.1 Å². The van der Waals surface area contributed by atoms with Gasteiger partial charge in [-0.05, 0) is 113 Å². The molecule has 3 atom stereocenters. The van der Waals surface area contributed by atoms with Crippen LogP contribution < -0.4 is 9.80 Å². The Labute approximate surface area is 359 Å². The van der Waals surface area contributed by atoms with Gasteiger partial charge in [0.2, 0.25) is 0 Å². The highest BCUT2D eigenvalue weighted by Gasteiger charge is 2.43. The fourth-order valence-corrected chi connectivity index (χ4v) is 12.8. The van der Waals surface area contributed by atoms with Gasteiger partial charge in [0.15, 0.2) is 0 Å². The summed E-state index contributed by atoms with van der Waals surface area (Å²) in [6.45, 7) is 4.79. The maximum Gasteiger partial charge on any atom is 0.0546 e. The Balaban J connectivity index is 1.10. The lowest BCUT2D eigenvalue weighted by molar-refractivity contribution is 0.694. The summed E-state index contributed by atoms with van der Waals surface area (Å²) in [5.74, 6) is 0.670. The molecule has 1 aliphatic heterocycles. The second-order valence-electron chi connectivity index (χ2n) is 16.7. The molecule has 1 aromatic heterocycles. The average Bonchev–Trinajstić information content (AvgIpc) is 3.82. The van der Waals surface area contributed by atoms with Crippen molar-refractivity contribution >= 4 is 94.3 Å². The standard InChI is InChI=1S/C56H42N2S2/c1-36-31-40(32-49-45-25-13-15-27-53(45)59-55(36)49)58(38-19-7-4-8-20-38)52-35-48-41-21-9-11-23-43(41)51(34-47(48)42-22-10-12-24-44(42)52)57(37-17-5-3-6-18-37)39-29-30-56(2)50(33-39)46-26-14-16-28-54(46)60-56/h3-30,32-36,50H,31H2,1-2H3. The number of rotatable bonds is 6. The summed E-state index contributed by atoms with van der Waals surface area (Å²) in [4.78, 5) is 7.92. The van der Waals surface area contributed by atoms with E-state index < -0.39 is 0 Å². The van der Waals surface area contributed by atoms with Crippen molar-refractivity contribution in [2.45, 2.75) is 41.7 Å². The van der Waals surface area contributed by atoms with Crippen molar-refractivity contribution in [1.29, 1.82) is 0 Å². The van der Waals surface area contributed by atoms with E-state index in [1.807, 2.05) is 23.1 Å². The number of hydrogen-bond donors (Lipinski definition) is 0. The summed E-state index contributed by atoms with van der Waals surface area (Å²) in [5.41, 5.74) is 10.0. The van der Waals surface area contributed by atoms with Crippen molar-refractivity contribution in [2.75, 3.05) is 9.80 Å². The van der Waals surface area contributed by atoms with E-state index in [1.54, 1.807) is 0 Å². The van der Waals surface area contributed by atoms with Crippen LogP contribution in [-0.4, -0.2) is 4.75 Å². The second-order valence-corrected chi connectivity index (χ2v) is 19.3. The zero-order chi connectivity index (χ0) is 40.0. The van der Waals surface area contributed by atoms with Crippen LogP contribution in [0.25, 0.3) is 48.5 Å². The zero-order valence-corrected chi connectivity index (χ0v) is 35.2. The Bertz CT molecular complexity index is 3270. The molecule has 2 heterocycles. The van der Waals surface area contributed by atoms with Gasteiger partial charge in [0, 0.05) is 64.1 Å². The van der Waals surface area contributed by atoms with E-state index >= 15 is 0 Å². The predicted molar refractivity (Wildman–Crippen MR) is 260 cm³/mol. The van der Waals surface area contributed by atoms with Crippen molar-refractivity contribution in [3.8, 4) is 0 Å². The minimum atomic E-state index is -0.0259. The Morgan fingerprint density at radius 2 is 1.12 bits per heavy atom. The fraction of sp³-hybridized carbons (Fsp3) is 0.107. The molecule has 9 aromatic rings. The number of nitrogens with zero attached hydrogens (tertiary/aromatic N) is 2. The Morgan fingerprint density at radius 3 is 1.80 bits per heavy atom. The number of para-hydroxylation sites is 2. The predicted octanol–water partition coefficient (Wildman–Crippen LogP) is 16.3. The van der Waals surface area contributed by atoms with Gasteiger partial charge >= 0.3 is 0 Å². The van der Waals surface area contributed by atoms with Crippen LogP contribution in [0.4, 0.5) is 22.7 Å². The fourth-order valence-electron chi connectivity index (χ4n) is 10.2. The first kappa shape index (κ1) is 35.6. The SMILES string of the molecule is CC1CC(N(c2ccccc2)c2cc3c4ccccc4c(N(C4=CC5c6ccccc6SC5(C)C=C4)c4ccccc4)cc3c3ccccc23)=Cc2c1sc1ccccc21. The summed E-state index contributed by atoms with van der Waals surface area (Å²) in [6, 6.07) is 62.8. The van der Waals surface area contributed by atoms with E-state index in [2.05, 4.69) is 218 Å². The van der Waals surface area contributed by atoms with Gasteiger partial charge in [-0.15, -0.1) is 23.1 Å². The Hall–Kier alpha value is -6.33. The highest BCUT2D eigenvalue weighted by molar-refractivity contribution is 8.01. The van der Waals surface area contributed by atoms with Crippen LogP contribution in [0.2, 0.25) is 0 Å². The minimum absolute atomic E-state index is 0.0259. The van der Waals surface area contributed by atoms with E-state index in [1.165, 1.54) is 91.8 Å². The van der Waals surface area contributed by atoms with Crippen molar-refractivity contribution in [2.24, 2.45) is 0 Å². The monoisotopic (exact) mass is 806 g/mol. The number of thioether (sulfide) groups is 1. The molecule has 2 nitrogen and oxygen atoms in total. The third-order valence-corrected chi connectivity index (χ3v) is 15.8. The second kappa shape index (κ2) is 13.9. The van der Waals surface area contributed by atoms with Crippen LogP contribution in [-0.2, 0) is 0 Å². The van der Waals surface area contributed by atoms with Crippen molar-refractivity contribution in [3.63, 3.8) is 0 Å². The van der Waals surface area contributed by atoms with Gasteiger partial charge in [-0.25, -0.2) is 0 Å². The van der Waals surface area contributed by atoms with Crippen molar-refractivity contribution < 1.29 is 0 Å². The number of benzene rings is 8. The van der Waals surface area contributed by atoms with Gasteiger partial charge in [-0.2, -0.15) is 0 Å². The number of thiophene rings is 1. The van der Waals surface area contributed by atoms with Crippen LogP contribution in [0.5, 0.6) is 0 Å². The molecule has 0 fully saturated rings. The molecule has 3 unspecified atom stereocenters. The maximum atomic E-state index is 2.55. The molecular weight excluding hydrogens is 765 g/mol. The lowest BCUT2D eigenvalue weighted by Crippen LogP contribution is -2.27. The number of allylic oxidation sites excluding steroid dienone is 3. The van der Waals surface area contributed by atoms with Crippen LogP contribution in [0.3, 0.4) is 0 Å². The molecule has 2 aliphatic carbocycles. The summed E-state index contributed by atoms with van der Waals surface area (Å²) in [7, 11) is 0. The number of fused-ring (bicyclic) bond motifs is 11. The number of hydrogen-bond acceptors (Lipinski definition) is 4. The Kier molecular flexibility index (Phi) is 8.23. The van der Waals surface area contributed by atoms with E-state index in [0.717, 1.165) is 12.1 Å². The highest BCUT2D eigenvalue weighted by Crippen LogP contribution is 2.57. The molecule has 4 heteroatoms. The lowest BCUT2D eigenvalue weighted by Gasteiger charge is -2.35. The molecule has 0 bridgehead atoms. The minimum Gasteiger partial charge on any atom is -0.314 e. The van der Waals surface area contributed by atoms with E-state index in [-0.39, 0.29) is 10.7 Å². The summed E-state index contributed by atoms with van der Waals surface area (Å²) >= 11 is 3.94. The smallest absolute Gasteiger partial charge is 0.0546 e. The lowest BCUT2D eigenvalue weighted by atomic mass is 9.82. The van der Waals surface area contributed by atoms with E-state index in [4.69, 9.17) is 0 Å². The van der Waals surface area contributed by atoms with Crippen LogP contribution in [0, 0.1) is 0 Å². The van der Waals surface area contributed by atoms with Gasteiger partial charge < -0.3 is 9.80 Å². The molecule has 0 saturated heterocycles. The molecule has 60 heavy (non-hydrogen) atoms. The molecule has 0 N–H and O–H groups in total. The molecule has 0 radical (unpaired) electrons. The van der Waals surface area contributed by atoms with Gasteiger partial charge in [0.25, 0.3) is 0 Å². The van der Waals surface area contributed by atoms with Gasteiger partial charge in [0.1, 0.15) is 0 Å². The van der Waals surface area contributed by atoms with E-state index in [0.29, 0.717) is 5.92 Å². The molecule has 0 amide bonds. The first-order valence-corrected chi connectivity index (χ1v) is 22.6. The third-order valence-electron chi connectivity index (χ3n) is 13.0. The highest BCUT2D eigenvalue weighted by atomic mass is 32.2. The summed E-state index contributed by atoms with van der Waals surface area (Å²) in [6.07, 6.45) is 10.8. The van der Waals surface area contributed by atoms with Gasteiger partial charge in [0.05, 0.1) is 11.4 Å². The average molecular weight is 807 g/mol. The van der Waals surface area contributed by atoms with Gasteiger partial charge in [-0.3, -0.25) is 0 Å². The molecule has 8 aromatic carbocycles. The largest absolute Gasteiger partial charge is 0.314 e. The quantitative estimate of drug-likeness (QED) is 0.155. The summed E-state index contributed by atoms with van der Waals surface area (Å²) in [5, 5.41) is 8.82. The molecule has 0 spiro atoms. The molecule has 3 aliphatic rings. The molecule has 12 rings (SSSR count). The maximum absolute atomic E-state index is 2.55. The van der Waals surface area contributed by atoms with E-state index in [9.17, 15) is 0 Å². The third kappa shape index (κ3) is 5.55. The molecule has 288 valence electrons. The van der Waals surface area contributed by atoms with Crippen LogP contribution >= 0.6 is 23.1 Å². The normalized spacial score (nSPS) is 19.2. The first-order valence-electron chi connectivity index (χ1n) is 21.0. The zero-order valence-electron chi connectivity index (χ0n) is 33.5. The topological polar surface area (TPSA) is 6.48 Å².